The van der Waals surface area contributed by atoms with Crippen molar-refractivity contribution in [3.8, 4) is 89.0 Å². The summed E-state index contributed by atoms with van der Waals surface area (Å²) in [6.45, 7) is 34.9. The molecule has 0 N–H and O–H groups in total. The second kappa shape index (κ2) is 37.3. The van der Waals surface area contributed by atoms with Crippen LogP contribution in [0, 0.1) is 83.1 Å². The molecule has 516 valence electrons. The zero-order chi connectivity index (χ0) is 72.7. The van der Waals surface area contributed by atoms with E-state index in [4.69, 9.17) is 0 Å². The van der Waals surface area contributed by atoms with Crippen LogP contribution in [0.4, 0.5) is 0 Å². The van der Waals surface area contributed by atoms with Crippen molar-refractivity contribution in [1.82, 2.24) is 0 Å². The van der Waals surface area contributed by atoms with Crippen molar-refractivity contribution in [3.05, 3.63) is 368 Å². The van der Waals surface area contributed by atoms with Gasteiger partial charge in [-0.25, -0.2) is 0 Å². The van der Waals surface area contributed by atoms with Gasteiger partial charge in [-0.1, -0.05) is 327 Å². The van der Waals surface area contributed by atoms with Crippen LogP contribution in [-0.2, 0) is 12.8 Å². The van der Waals surface area contributed by atoms with Crippen molar-refractivity contribution < 1.29 is 0 Å². The lowest BCUT2D eigenvalue weighted by Gasteiger charge is -2.15. The van der Waals surface area contributed by atoms with E-state index in [1.807, 2.05) is 0 Å². The molecule has 0 bridgehead atoms. The molecular formula is C102H108. The molecule has 0 nitrogen and oxygen atoms in total. The third-order valence-electron chi connectivity index (χ3n) is 20.3. The Morgan fingerprint density at radius 3 is 0.559 bits per heavy atom. The quantitative estimate of drug-likeness (QED) is 0.0751. The molecule has 12 aromatic carbocycles. The maximum atomic E-state index is 2.27. The average molecular weight is 1330 g/mol. The van der Waals surface area contributed by atoms with Crippen LogP contribution in [0.15, 0.2) is 279 Å². The molecule has 0 aromatic heterocycles. The smallest absolute Gasteiger partial charge is 0.0152 e. The summed E-state index contributed by atoms with van der Waals surface area (Å²) < 4.78 is 0. The zero-order valence-electron chi connectivity index (χ0n) is 64.0. The van der Waals surface area contributed by atoms with Crippen LogP contribution in [0.3, 0.4) is 0 Å². The summed E-state index contributed by atoms with van der Waals surface area (Å²) in [6.07, 6.45) is 24.0. The van der Waals surface area contributed by atoms with E-state index >= 15 is 0 Å². The molecule has 0 aliphatic heterocycles. The zero-order valence-corrected chi connectivity index (χ0v) is 64.0. The largest absolute Gasteiger partial charge is 0.0917 e. The third kappa shape index (κ3) is 20.0. The van der Waals surface area contributed by atoms with Gasteiger partial charge in [0.1, 0.15) is 0 Å². The molecule has 0 atom stereocenters. The maximum absolute atomic E-state index is 2.27. The summed E-state index contributed by atoms with van der Waals surface area (Å²) in [5.41, 5.74) is 42.3. The third-order valence-corrected chi connectivity index (χ3v) is 20.3. The lowest BCUT2D eigenvalue weighted by Crippen LogP contribution is -1.92. The average Bonchev–Trinajstić information content (AvgIpc) is 0.822. The van der Waals surface area contributed by atoms with E-state index in [1.165, 1.54) is 178 Å². The van der Waals surface area contributed by atoms with Crippen molar-refractivity contribution in [1.29, 1.82) is 0 Å². The van der Waals surface area contributed by atoms with Gasteiger partial charge >= 0.3 is 0 Å². The fourth-order valence-electron chi connectivity index (χ4n) is 13.3. The summed E-state index contributed by atoms with van der Waals surface area (Å²) in [6, 6.07) is 89.1. The molecule has 0 aliphatic rings. The van der Waals surface area contributed by atoms with E-state index in [2.05, 4.69) is 402 Å². The molecule has 0 saturated carbocycles. The molecule has 0 radical (unpaired) electrons. The van der Waals surface area contributed by atoms with Gasteiger partial charge in [-0.05, 0) is 291 Å². The van der Waals surface area contributed by atoms with E-state index in [0.29, 0.717) is 0 Å². The van der Waals surface area contributed by atoms with Gasteiger partial charge in [0.15, 0.2) is 0 Å². The second-order valence-corrected chi connectivity index (χ2v) is 27.6. The van der Waals surface area contributed by atoms with Gasteiger partial charge in [-0.3, -0.25) is 0 Å². The van der Waals surface area contributed by atoms with E-state index in [-0.39, 0.29) is 0 Å². The predicted molar refractivity (Wildman–Crippen MR) is 451 cm³/mol. The fraction of sp³-hybridized carbons (Fsp3) is 0.216. The Balaban J connectivity index is 0.000000158. The number of hydrogen-bond donors (Lipinski definition) is 0. The second-order valence-electron chi connectivity index (χ2n) is 27.6. The monoisotopic (exact) mass is 1330 g/mol. The molecule has 0 fully saturated rings. The van der Waals surface area contributed by atoms with Crippen LogP contribution in [-0.4, -0.2) is 0 Å². The van der Waals surface area contributed by atoms with Gasteiger partial charge < -0.3 is 0 Å². The normalized spacial score (nSPS) is 11.2. The van der Waals surface area contributed by atoms with E-state index in [1.54, 1.807) is 0 Å². The minimum Gasteiger partial charge on any atom is -0.0917 e. The first-order chi connectivity index (χ1) is 49.4. The Morgan fingerprint density at radius 2 is 0.382 bits per heavy atom. The maximum Gasteiger partial charge on any atom is -0.0152 e. The first-order valence-corrected chi connectivity index (χ1v) is 37.0. The molecule has 0 amide bonds. The van der Waals surface area contributed by atoms with Crippen LogP contribution >= 0.6 is 0 Å². The summed E-state index contributed by atoms with van der Waals surface area (Å²) in [5.74, 6) is 0. The Morgan fingerprint density at radius 1 is 0.206 bits per heavy atom. The van der Waals surface area contributed by atoms with Gasteiger partial charge in [0.25, 0.3) is 0 Å². The van der Waals surface area contributed by atoms with Crippen molar-refractivity contribution in [2.75, 3.05) is 0 Å². The Kier molecular flexibility index (Phi) is 27.7. The lowest BCUT2D eigenvalue weighted by atomic mass is 9.90. The number of hydrogen-bond acceptors (Lipinski definition) is 0. The number of rotatable bonds is 18. The summed E-state index contributed by atoms with van der Waals surface area (Å²) in [5, 5.41) is 0. The van der Waals surface area contributed by atoms with E-state index in [9.17, 15) is 0 Å². The predicted octanol–water partition coefficient (Wildman–Crippen LogP) is 29.6. The molecule has 0 heteroatoms. The number of benzene rings is 12. The molecule has 0 spiro atoms. The first-order valence-electron chi connectivity index (χ1n) is 37.0. The van der Waals surface area contributed by atoms with E-state index in [0.717, 1.165) is 38.5 Å². The minimum absolute atomic E-state index is 1.07. The SMILES string of the molecule is C/C=C/CCc1ccc(-c2ccc(-c3ccc(C)cc3)c(C)c2C)cc1.C/C=C/CCc1ccc(-c2ccc(-c3ccc(C)cc3)c(C)c2C)cc1.CC/C=C/c1ccc(-c2ccc(-c3ccc(C)cc3)c(C)c2C)cc1.CC/C=C/c1ccc(-c2ccc(-c3ccc(C)cc3)c(C)c2C)cc1. The molecule has 12 rings (SSSR count). The topological polar surface area (TPSA) is 0 Å². The van der Waals surface area contributed by atoms with Crippen molar-refractivity contribution in [2.45, 2.75) is 149 Å². The first kappa shape index (κ1) is 75.8. The minimum atomic E-state index is 1.07. The highest BCUT2D eigenvalue weighted by Crippen LogP contribution is 2.38. The number of aryl methyl sites for hydroxylation is 6. The summed E-state index contributed by atoms with van der Waals surface area (Å²) in [7, 11) is 0. The van der Waals surface area contributed by atoms with Crippen LogP contribution in [0.2, 0.25) is 0 Å². The fourth-order valence-corrected chi connectivity index (χ4v) is 13.3. The standard InChI is InChI=1S/2C26H28.2C25H26/c2*1-5-6-7-8-22-11-15-24(16-12-22)26-18-17-25(20(3)21(26)4)23-13-9-19(2)10-14-23;2*1-5-6-7-21-10-14-23(15-11-21)25-17-16-24(19(3)20(25)4)22-12-8-18(2)9-13-22/h2*5-6,9-18H,7-8H2,1-4H3;2*6-17H,5H2,1-4H3/b2*6-5+;2*7-6+. The molecule has 0 unspecified atom stereocenters. The van der Waals surface area contributed by atoms with Gasteiger partial charge in [-0.15, -0.1) is 0 Å². The highest BCUT2D eigenvalue weighted by molar-refractivity contribution is 5.82. The van der Waals surface area contributed by atoms with Crippen molar-refractivity contribution >= 4 is 12.2 Å². The highest BCUT2D eigenvalue weighted by Gasteiger charge is 2.15. The van der Waals surface area contributed by atoms with E-state index < -0.39 is 0 Å². The Bertz CT molecular complexity index is 4480. The van der Waals surface area contributed by atoms with Crippen molar-refractivity contribution in [2.24, 2.45) is 0 Å². The summed E-state index contributed by atoms with van der Waals surface area (Å²) >= 11 is 0. The van der Waals surface area contributed by atoms with Gasteiger partial charge in [-0.2, -0.15) is 0 Å². The van der Waals surface area contributed by atoms with Crippen LogP contribution in [0.25, 0.3) is 101 Å². The Hall–Kier alpha value is -10.4. The summed E-state index contributed by atoms with van der Waals surface area (Å²) in [4.78, 5) is 0. The van der Waals surface area contributed by atoms with Crippen LogP contribution in [0.1, 0.15) is 142 Å². The molecular weight excluding hydrogens is 1230 g/mol. The molecule has 0 saturated heterocycles. The van der Waals surface area contributed by atoms with Gasteiger partial charge in [0, 0.05) is 0 Å². The lowest BCUT2D eigenvalue weighted by molar-refractivity contribution is 1.000. The highest BCUT2D eigenvalue weighted by atomic mass is 14.2. The van der Waals surface area contributed by atoms with Gasteiger partial charge in [0.2, 0.25) is 0 Å². The molecule has 12 aromatic rings. The Labute approximate surface area is 614 Å². The molecule has 0 heterocycles. The van der Waals surface area contributed by atoms with Crippen LogP contribution < -0.4 is 0 Å². The molecule has 102 heavy (non-hydrogen) atoms. The van der Waals surface area contributed by atoms with Crippen molar-refractivity contribution in [3.63, 3.8) is 0 Å². The number of allylic oxidation sites excluding steroid dienone is 6. The van der Waals surface area contributed by atoms with Gasteiger partial charge in [0.05, 0.1) is 0 Å². The molecule has 0 aliphatic carbocycles. The van der Waals surface area contributed by atoms with Crippen LogP contribution in [0.5, 0.6) is 0 Å².